The topological polar surface area (TPSA) is 117 Å². The fourth-order valence-corrected chi connectivity index (χ4v) is 1.59. The third-order valence-electron chi connectivity index (χ3n) is 2.48. The molecule has 0 aliphatic heterocycles. The second kappa shape index (κ2) is 7.75. The third kappa shape index (κ3) is 4.95. The Morgan fingerprint density at radius 3 is 2.80 bits per heavy atom. The van der Waals surface area contributed by atoms with Gasteiger partial charge in [0.2, 0.25) is 5.91 Å². The Morgan fingerprint density at radius 2 is 2.30 bits per heavy atom. The van der Waals surface area contributed by atoms with Crippen LogP contribution in [0.1, 0.15) is 18.2 Å². The van der Waals surface area contributed by atoms with Crippen LogP contribution in [0.5, 0.6) is 0 Å². The van der Waals surface area contributed by atoms with E-state index in [0.29, 0.717) is 5.69 Å². The first kappa shape index (κ1) is 15.5. The molecule has 1 N–H and O–H groups in total. The molecule has 1 aromatic rings. The van der Waals surface area contributed by atoms with Gasteiger partial charge in [-0.05, 0) is 17.2 Å². The summed E-state index contributed by atoms with van der Waals surface area (Å²) in [5, 5.41) is 5.92. The van der Waals surface area contributed by atoms with Crippen LogP contribution in [0.2, 0.25) is 0 Å². The molecule has 1 rings (SSSR count). The Morgan fingerprint density at radius 1 is 1.55 bits per heavy atom. The number of nitrogens with one attached hydrogen (secondary N) is 1. The second-order valence-electron chi connectivity index (χ2n) is 4.03. The molecule has 8 heteroatoms. The third-order valence-corrected chi connectivity index (χ3v) is 2.48. The van der Waals surface area contributed by atoms with Crippen LogP contribution in [0.4, 0.5) is 0 Å². The molecular weight excluding hydrogens is 262 g/mol. The van der Waals surface area contributed by atoms with Crippen LogP contribution in [-0.2, 0) is 27.3 Å². The van der Waals surface area contributed by atoms with E-state index in [1.807, 2.05) is 0 Å². The molecule has 0 fully saturated rings. The van der Waals surface area contributed by atoms with Crippen molar-refractivity contribution in [3.05, 3.63) is 40.0 Å². The lowest BCUT2D eigenvalue weighted by atomic mass is 10.1. The number of esters is 1. The van der Waals surface area contributed by atoms with Crippen LogP contribution in [0.3, 0.4) is 0 Å². The minimum Gasteiger partial charge on any atom is -0.467 e. The van der Waals surface area contributed by atoms with E-state index in [9.17, 15) is 9.59 Å². The van der Waals surface area contributed by atoms with E-state index in [-0.39, 0.29) is 18.9 Å². The van der Waals surface area contributed by atoms with Gasteiger partial charge in [0, 0.05) is 30.1 Å². The van der Waals surface area contributed by atoms with Crippen molar-refractivity contribution in [2.75, 3.05) is 7.11 Å². The molecule has 0 unspecified atom stereocenters. The number of carbonyl (C=O) groups is 2. The van der Waals surface area contributed by atoms with Gasteiger partial charge in [-0.15, -0.1) is 0 Å². The summed E-state index contributed by atoms with van der Waals surface area (Å²) in [7, 11) is 1.26. The van der Waals surface area contributed by atoms with Crippen LogP contribution in [0, 0.1) is 0 Å². The van der Waals surface area contributed by atoms with Crippen LogP contribution in [0.25, 0.3) is 10.4 Å². The predicted molar refractivity (Wildman–Crippen MR) is 70.4 cm³/mol. The van der Waals surface area contributed by atoms with Crippen molar-refractivity contribution < 1.29 is 14.3 Å². The molecule has 0 saturated carbocycles. The minimum atomic E-state index is -0.748. The van der Waals surface area contributed by atoms with Crippen molar-refractivity contribution in [1.29, 1.82) is 0 Å². The van der Waals surface area contributed by atoms with Gasteiger partial charge in [-0.25, -0.2) is 4.79 Å². The molecule has 1 aromatic heterocycles. The van der Waals surface area contributed by atoms with Crippen LogP contribution in [0.15, 0.2) is 23.4 Å². The largest absolute Gasteiger partial charge is 0.467 e. The maximum absolute atomic E-state index is 11.5. The molecule has 1 heterocycles. The summed E-state index contributed by atoms with van der Waals surface area (Å²) >= 11 is 0. The van der Waals surface area contributed by atoms with Crippen molar-refractivity contribution in [2.24, 2.45) is 5.11 Å². The first-order valence-electron chi connectivity index (χ1n) is 5.86. The highest BCUT2D eigenvalue weighted by atomic mass is 16.5. The van der Waals surface area contributed by atoms with Crippen molar-refractivity contribution in [3.8, 4) is 0 Å². The van der Waals surface area contributed by atoms with Gasteiger partial charge in [-0.2, -0.15) is 0 Å². The number of hydrogen-bond donors (Lipinski definition) is 1. The van der Waals surface area contributed by atoms with E-state index >= 15 is 0 Å². The molecule has 0 bridgehead atoms. The lowest BCUT2D eigenvalue weighted by molar-refractivity contribution is -0.144. The zero-order chi connectivity index (χ0) is 15.0. The summed E-state index contributed by atoms with van der Waals surface area (Å²) in [5.74, 6) is -0.827. The van der Waals surface area contributed by atoms with Crippen molar-refractivity contribution in [3.63, 3.8) is 0 Å². The van der Waals surface area contributed by atoms with Gasteiger partial charge in [0.15, 0.2) is 0 Å². The highest BCUT2D eigenvalue weighted by Gasteiger charge is 2.20. The first-order chi connectivity index (χ1) is 9.56. The fraction of sp³-hybridized carbons (Fsp3) is 0.417. The molecule has 20 heavy (non-hydrogen) atoms. The summed E-state index contributed by atoms with van der Waals surface area (Å²) in [6.07, 6.45) is 1.85. The molecule has 0 aliphatic rings. The van der Waals surface area contributed by atoms with Gasteiger partial charge in [0.05, 0.1) is 13.7 Å². The summed E-state index contributed by atoms with van der Waals surface area (Å²) < 4.78 is 4.63. The maximum atomic E-state index is 11.5. The number of aromatic nitrogens is 1. The lowest BCUT2D eigenvalue weighted by Gasteiger charge is -2.15. The van der Waals surface area contributed by atoms with Gasteiger partial charge in [-0.3, -0.25) is 9.78 Å². The summed E-state index contributed by atoms with van der Waals surface area (Å²) in [5.41, 5.74) is 9.60. The Bertz CT molecular complexity index is 522. The zero-order valence-corrected chi connectivity index (χ0v) is 11.2. The van der Waals surface area contributed by atoms with Gasteiger partial charge in [0.1, 0.15) is 6.04 Å². The van der Waals surface area contributed by atoms with Crippen LogP contribution >= 0.6 is 0 Å². The molecule has 1 atom stereocenters. The van der Waals surface area contributed by atoms with E-state index in [1.165, 1.54) is 14.0 Å². The van der Waals surface area contributed by atoms with Gasteiger partial charge in [-0.1, -0.05) is 11.2 Å². The van der Waals surface area contributed by atoms with Gasteiger partial charge >= 0.3 is 5.97 Å². The highest BCUT2D eigenvalue weighted by Crippen LogP contribution is 2.06. The van der Waals surface area contributed by atoms with Crippen LogP contribution in [-0.4, -0.2) is 30.0 Å². The number of azide groups is 1. The van der Waals surface area contributed by atoms with Gasteiger partial charge in [0.25, 0.3) is 0 Å². The number of pyridine rings is 1. The predicted octanol–water partition coefficient (Wildman–Crippen LogP) is 1.11. The average molecular weight is 277 g/mol. The van der Waals surface area contributed by atoms with E-state index in [0.717, 1.165) is 5.56 Å². The highest BCUT2D eigenvalue weighted by molar-refractivity contribution is 5.83. The Labute approximate surface area is 115 Å². The fourth-order valence-electron chi connectivity index (χ4n) is 1.59. The average Bonchev–Trinajstić information content (AvgIpc) is 2.44. The molecular formula is C12H15N5O3. The molecule has 0 radical (unpaired) electrons. The molecule has 0 saturated heterocycles. The van der Waals surface area contributed by atoms with Crippen LogP contribution < -0.4 is 5.32 Å². The summed E-state index contributed by atoms with van der Waals surface area (Å²) in [6, 6.07) is 2.71. The molecule has 0 aliphatic carbocycles. The van der Waals surface area contributed by atoms with Crippen molar-refractivity contribution >= 4 is 11.9 Å². The summed E-state index contributed by atoms with van der Waals surface area (Å²) in [4.78, 5) is 29.4. The number of hydrogen-bond acceptors (Lipinski definition) is 5. The standard InChI is InChI=1S/C12H15N5O3/c1-8(18)16-11(12(19)20-2)5-9-3-4-10(14-6-9)7-15-17-13/h3-4,6,11H,5,7H2,1-2H3,(H,16,18)/t11-/m0/s1. The maximum Gasteiger partial charge on any atom is 0.328 e. The smallest absolute Gasteiger partial charge is 0.328 e. The normalized spacial score (nSPS) is 11.1. The molecule has 106 valence electrons. The van der Waals surface area contributed by atoms with E-state index in [1.54, 1.807) is 18.3 Å². The monoisotopic (exact) mass is 277 g/mol. The van der Waals surface area contributed by atoms with Crippen molar-refractivity contribution in [2.45, 2.75) is 25.9 Å². The van der Waals surface area contributed by atoms with E-state index in [2.05, 4.69) is 25.1 Å². The quantitative estimate of drug-likeness (QED) is 0.362. The minimum absolute atomic E-state index is 0.170. The lowest BCUT2D eigenvalue weighted by Crippen LogP contribution is -2.42. The first-order valence-corrected chi connectivity index (χ1v) is 5.86. The Kier molecular flexibility index (Phi) is 5.99. The number of methoxy groups -OCH3 is 1. The number of carbonyl (C=O) groups excluding carboxylic acids is 2. The SMILES string of the molecule is COC(=O)[C@H](Cc1ccc(CN=[N+]=[N-])nc1)NC(C)=O. The van der Waals surface area contributed by atoms with Gasteiger partial charge < -0.3 is 10.1 Å². The second-order valence-corrected chi connectivity index (χ2v) is 4.03. The molecule has 1 amide bonds. The molecule has 0 spiro atoms. The summed E-state index contributed by atoms with van der Waals surface area (Å²) in [6.45, 7) is 1.50. The number of amides is 1. The number of rotatable bonds is 6. The molecule has 0 aromatic carbocycles. The number of ether oxygens (including phenoxy) is 1. The Balaban J connectivity index is 2.75. The van der Waals surface area contributed by atoms with E-state index < -0.39 is 12.0 Å². The Hall–Kier alpha value is -2.60. The molecule has 8 nitrogen and oxygen atoms in total. The zero-order valence-electron chi connectivity index (χ0n) is 11.2. The van der Waals surface area contributed by atoms with E-state index in [4.69, 9.17) is 5.53 Å². The van der Waals surface area contributed by atoms with Crippen molar-refractivity contribution in [1.82, 2.24) is 10.3 Å². The number of nitrogens with zero attached hydrogens (tertiary/aromatic N) is 4.